The van der Waals surface area contributed by atoms with Crippen LogP contribution in [0.2, 0.25) is 0 Å². The summed E-state index contributed by atoms with van der Waals surface area (Å²) in [5.41, 5.74) is 2.44. The first-order valence-electron chi connectivity index (χ1n) is 8.72. The Labute approximate surface area is 146 Å². The Morgan fingerprint density at radius 2 is 1.71 bits per heavy atom. The molecule has 0 saturated carbocycles. The van der Waals surface area contributed by atoms with E-state index in [2.05, 4.69) is 73.4 Å². The van der Waals surface area contributed by atoms with Gasteiger partial charge in [-0.3, -0.25) is 0 Å². The molecule has 1 heterocycles. The van der Waals surface area contributed by atoms with Crippen LogP contribution in [-0.2, 0) is 5.41 Å². The fourth-order valence-corrected chi connectivity index (χ4v) is 2.60. The van der Waals surface area contributed by atoms with Gasteiger partial charge < -0.3 is 10.6 Å². The van der Waals surface area contributed by atoms with Gasteiger partial charge in [-0.25, -0.2) is 9.97 Å². The first-order valence-corrected chi connectivity index (χ1v) is 8.72. The molecule has 0 radical (unpaired) electrons. The van der Waals surface area contributed by atoms with E-state index in [4.69, 9.17) is 0 Å². The highest BCUT2D eigenvalue weighted by Gasteiger charge is 2.17. The molecular weight excluding hydrogens is 296 g/mol. The first kappa shape index (κ1) is 18.2. The minimum absolute atomic E-state index is 0.0734. The zero-order chi connectivity index (χ0) is 17.7. The van der Waals surface area contributed by atoms with Gasteiger partial charge in [-0.15, -0.1) is 0 Å². The number of nitrogens with zero attached hydrogens (tertiary/aromatic N) is 2. The van der Waals surface area contributed by atoms with Crippen LogP contribution in [-0.4, -0.2) is 16.5 Å². The summed E-state index contributed by atoms with van der Waals surface area (Å²) in [5, 5.41) is 6.87. The minimum atomic E-state index is 0.0734. The molecule has 0 aliphatic heterocycles. The fraction of sp³-hybridized carbons (Fsp3) is 0.500. The van der Waals surface area contributed by atoms with Crippen LogP contribution < -0.4 is 10.6 Å². The number of benzene rings is 1. The monoisotopic (exact) mass is 326 g/mol. The van der Waals surface area contributed by atoms with Gasteiger partial charge in [-0.05, 0) is 36.3 Å². The van der Waals surface area contributed by atoms with Crippen LogP contribution in [0, 0.1) is 12.8 Å². The molecule has 0 fully saturated rings. The van der Waals surface area contributed by atoms with Crippen molar-refractivity contribution < 1.29 is 0 Å². The molecule has 2 rings (SSSR count). The van der Waals surface area contributed by atoms with Crippen molar-refractivity contribution in [2.75, 3.05) is 17.2 Å². The smallest absolute Gasteiger partial charge is 0.136 e. The van der Waals surface area contributed by atoms with Gasteiger partial charge in [0.2, 0.25) is 0 Å². The number of hydrogen-bond acceptors (Lipinski definition) is 4. The summed E-state index contributed by atoms with van der Waals surface area (Å²) in [6.45, 7) is 14.0. The van der Waals surface area contributed by atoms with E-state index in [0.29, 0.717) is 5.92 Å². The number of rotatable bonds is 6. The maximum absolute atomic E-state index is 4.53. The third kappa shape index (κ3) is 5.22. The summed E-state index contributed by atoms with van der Waals surface area (Å²) in [7, 11) is 0. The molecule has 2 N–H and O–H groups in total. The summed E-state index contributed by atoms with van der Waals surface area (Å²) in [6, 6.07) is 10.4. The van der Waals surface area contributed by atoms with Gasteiger partial charge in [0.15, 0.2) is 0 Å². The molecule has 130 valence electrons. The van der Waals surface area contributed by atoms with Gasteiger partial charge in [0.1, 0.15) is 17.5 Å². The highest BCUT2D eigenvalue weighted by atomic mass is 15.1. The van der Waals surface area contributed by atoms with E-state index in [-0.39, 0.29) is 5.41 Å². The maximum atomic E-state index is 4.53. The SMILES string of the molecule is Cc1nc(NCCC(C)C)cc(Nc2ccccc2C(C)(C)C)n1. The van der Waals surface area contributed by atoms with Crippen LogP contribution >= 0.6 is 0 Å². The standard InChI is InChI=1S/C20H30N4/c1-14(2)11-12-21-18-13-19(23-15(3)22-18)24-17-10-8-7-9-16(17)20(4,5)6/h7-10,13-14H,11-12H2,1-6H3,(H2,21,22,23,24). The average Bonchev–Trinajstić information content (AvgIpc) is 2.45. The van der Waals surface area contributed by atoms with E-state index >= 15 is 0 Å². The molecule has 0 unspecified atom stereocenters. The van der Waals surface area contributed by atoms with E-state index < -0.39 is 0 Å². The summed E-state index contributed by atoms with van der Waals surface area (Å²) >= 11 is 0. The van der Waals surface area contributed by atoms with Crippen molar-refractivity contribution in [2.24, 2.45) is 5.92 Å². The molecule has 0 atom stereocenters. The molecule has 0 aliphatic carbocycles. The lowest BCUT2D eigenvalue weighted by Gasteiger charge is -2.23. The van der Waals surface area contributed by atoms with Crippen molar-refractivity contribution in [3.63, 3.8) is 0 Å². The van der Waals surface area contributed by atoms with Crippen LogP contribution in [0.15, 0.2) is 30.3 Å². The molecule has 4 heteroatoms. The Balaban J connectivity index is 2.20. The first-order chi connectivity index (χ1) is 11.3. The van der Waals surface area contributed by atoms with Gasteiger partial charge in [0.25, 0.3) is 0 Å². The average molecular weight is 326 g/mol. The van der Waals surface area contributed by atoms with Gasteiger partial charge >= 0.3 is 0 Å². The topological polar surface area (TPSA) is 49.8 Å². The van der Waals surface area contributed by atoms with Crippen LogP contribution in [0.25, 0.3) is 0 Å². The lowest BCUT2D eigenvalue weighted by atomic mass is 9.86. The molecule has 0 aliphatic rings. The van der Waals surface area contributed by atoms with Gasteiger partial charge in [0, 0.05) is 18.3 Å². The molecule has 0 bridgehead atoms. The molecule has 2 aromatic rings. The fourth-order valence-electron chi connectivity index (χ4n) is 2.60. The Morgan fingerprint density at radius 3 is 2.38 bits per heavy atom. The summed E-state index contributed by atoms with van der Waals surface area (Å²) < 4.78 is 0. The molecule has 0 amide bonds. The highest BCUT2D eigenvalue weighted by Crippen LogP contribution is 2.31. The van der Waals surface area contributed by atoms with Crippen molar-refractivity contribution in [1.29, 1.82) is 0 Å². The van der Waals surface area contributed by atoms with Crippen molar-refractivity contribution in [3.8, 4) is 0 Å². The normalized spacial score (nSPS) is 11.6. The molecule has 4 nitrogen and oxygen atoms in total. The second-order valence-electron chi connectivity index (χ2n) is 7.72. The molecule has 1 aromatic carbocycles. The van der Waals surface area contributed by atoms with E-state index in [1.54, 1.807) is 0 Å². The number of anilines is 3. The second-order valence-corrected chi connectivity index (χ2v) is 7.72. The Bertz CT molecular complexity index is 672. The van der Waals surface area contributed by atoms with E-state index in [0.717, 1.165) is 36.1 Å². The number of aromatic nitrogens is 2. The highest BCUT2D eigenvalue weighted by molar-refractivity contribution is 5.64. The second kappa shape index (κ2) is 7.65. The molecule has 1 aromatic heterocycles. The number of nitrogens with one attached hydrogen (secondary N) is 2. The lowest BCUT2D eigenvalue weighted by molar-refractivity contribution is 0.592. The van der Waals surface area contributed by atoms with Crippen molar-refractivity contribution >= 4 is 17.3 Å². The van der Waals surface area contributed by atoms with Crippen molar-refractivity contribution in [2.45, 2.75) is 53.4 Å². The van der Waals surface area contributed by atoms with Crippen molar-refractivity contribution in [3.05, 3.63) is 41.7 Å². The summed E-state index contributed by atoms with van der Waals surface area (Å²) in [6.07, 6.45) is 1.12. The van der Waals surface area contributed by atoms with E-state index in [9.17, 15) is 0 Å². The third-order valence-corrected chi connectivity index (χ3v) is 3.86. The maximum Gasteiger partial charge on any atom is 0.136 e. The number of para-hydroxylation sites is 1. The number of hydrogen-bond donors (Lipinski definition) is 2. The molecule has 0 saturated heterocycles. The molecule has 24 heavy (non-hydrogen) atoms. The quantitative estimate of drug-likeness (QED) is 0.758. The van der Waals surface area contributed by atoms with Crippen LogP contribution in [0.4, 0.5) is 17.3 Å². The zero-order valence-electron chi connectivity index (χ0n) is 15.8. The summed E-state index contributed by atoms with van der Waals surface area (Å²) in [5.74, 6) is 3.14. The number of aryl methyl sites for hydroxylation is 1. The molecular formula is C20H30N4. The van der Waals surface area contributed by atoms with Crippen LogP contribution in [0.5, 0.6) is 0 Å². The van der Waals surface area contributed by atoms with Crippen molar-refractivity contribution in [1.82, 2.24) is 9.97 Å². The van der Waals surface area contributed by atoms with Crippen LogP contribution in [0.3, 0.4) is 0 Å². The molecule has 0 spiro atoms. The lowest BCUT2D eigenvalue weighted by Crippen LogP contribution is -2.14. The predicted octanol–water partition coefficient (Wildman–Crippen LogP) is 5.28. The van der Waals surface area contributed by atoms with Gasteiger partial charge in [0.05, 0.1) is 0 Å². The summed E-state index contributed by atoms with van der Waals surface area (Å²) in [4.78, 5) is 9.01. The zero-order valence-corrected chi connectivity index (χ0v) is 15.8. The minimum Gasteiger partial charge on any atom is -0.370 e. The Hall–Kier alpha value is -2.10. The Kier molecular flexibility index (Phi) is 5.81. The largest absolute Gasteiger partial charge is 0.370 e. The third-order valence-electron chi connectivity index (χ3n) is 3.86. The Morgan fingerprint density at radius 1 is 1.04 bits per heavy atom. The van der Waals surface area contributed by atoms with E-state index in [1.807, 2.05) is 19.1 Å². The van der Waals surface area contributed by atoms with Gasteiger partial charge in [-0.2, -0.15) is 0 Å². The predicted molar refractivity (Wildman–Crippen MR) is 103 cm³/mol. The van der Waals surface area contributed by atoms with Crippen LogP contribution in [0.1, 0.15) is 52.4 Å². The van der Waals surface area contributed by atoms with Gasteiger partial charge in [-0.1, -0.05) is 52.8 Å². The van der Waals surface area contributed by atoms with E-state index in [1.165, 1.54) is 5.56 Å².